The van der Waals surface area contributed by atoms with E-state index in [0.29, 0.717) is 24.1 Å². The van der Waals surface area contributed by atoms with Crippen LogP contribution in [0.3, 0.4) is 0 Å². The van der Waals surface area contributed by atoms with Crippen molar-refractivity contribution >= 4 is 17.2 Å². The van der Waals surface area contributed by atoms with Gasteiger partial charge in [-0.2, -0.15) is 0 Å². The minimum absolute atomic E-state index is 0.380. The average molecular weight is 175 g/mol. The minimum atomic E-state index is 0.380. The average Bonchev–Trinajstić information content (AvgIpc) is 2.00. The van der Waals surface area contributed by atoms with Crippen molar-refractivity contribution < 1.29 is 9.47 Å². The number of ether oxygens (including phenoxy) is 2. The van der Waals surface area contributed by atoms with Crippen LogP contribution in [-0.2, 0) is 9.47 Å². The molecule has 0 aliphatic heterocycles. The highest BCUT2D eigenvalue weighted by molar-refractivity contribution is 7.80. The van der Waals surface area contributed by atoms with Crippen LogP contribution in [0.4, 0.5) is 0 Å². The molecule has 0 spiro atoms. The molecular formula is C7H13NO2S. The van der Waals surface area contributed by atoms with Gasteiger partial charge in [-0.1, -0.05) is 18.8 Å². The summed E-state index contributed by atoms with van der Waals surface area (Å²) < 4.78 is 9.79. The summed E-state index contributed by atoms with van der Waals surface area (Å²) >= 11 is 4.89. The fraction of sp³-hybridized carbons (Fsp3) is 0.571. The Morgan fingerprint density at radius 3 is 2.73 bits per heavy atom. The highest BCUT2D eigenvalue weighted by Crippen LogP contribution is 1.94. The Labute approximate surface area is 72.4 Å². The van der Waals surface area contributed by atoms with Crippen molar-refractivity contribution in [3.8, 4) is 0 Å². The SMILES string of the molecule is C=C(OCC)C(=S)NCOC. The first-order chi connectivity index (χ1) is 5.22. The molecule has 0 atom stereocenters. The van der Waals surface area contributed by atoms with Crippen LogP contribution >= 0.6 is 12.2 Å². The smallest absolute Gasteiger partial charge is 0.146 e. The van der Waals surface area contributed by atoms with E-state index in [1.54, 1.807) is 7.11 Å². The number of nitrogens with one attached hydrogen (secondary N) is 1. The zero-order valence-corrected chi connectivity index (χ0v) is 7.66. The molecule has 0 heterocycles. The molecule has 0 aromatic rings. The molecule has 64 valence electrons. The summed E-state index contributed by atoms with van der Waals surface area (Å²) in [7, 11) is 1.58. The summed E-state index contributed by atoms with van der Waals surface area (Å²) in [5.41, 5.74) is 0. The molecule has 3 nitrogen and oxygen atoms in total. The van der Waals surface area contributed by atoms with Gasteiger partial charge in [-0.25, -0.2) is 0 Å². The van der Waals surface area contributed by atoms with Gasteiger partial charge in [0.05, 0.1) is 6.61 Å². The van der Waals surface area contributed by atoms with Gasteiger partial charge in [-0.3, -0.25) is 0 Å². The Morgan fingerprint density at radius 2 is 2.27 bits per heavy atom. The van der Waals surface area contributed by atoms with E-state index in [1.165, 1.54) is 0 Å². The molecule has 0 fully saturated rings. The van der Waals surface area contributed by atoms with Crippen LogP contribution in [0.25, 0.3) is 0 Å². The quantitative estimate of drug-likeness (QED) is 0.293. The molecule has 11 heavy (non-hydrogen) atoms. The maximum Gasteiger partial charge on any atom is 0.146 e. The highest BCUT2D eigenvalue weighted by Gasteiger charge is 1.99. The number of hydrogen-bond acceptors (Lipinski definition) is 3. The second-order valence-corrected chi connectivity index (χ2v) is 2.20. The molecule has 0 rings (SSSR count). The number of methoxy groups -OCH3 is 1. The van der Waals surface area contributed by atoms with Gasteiger partial charge in [-0.05, 0) is 6.92 Å². The molecule has 0 aliphatic rings. The third kappa shape index (κ3) is 4.75. The van der Waals surface area contributed by atoms with Crippen molar-refractivity contribution in [2.24, 2.45) is 0 Å². The van der Waals surface area contributed by atoms with E-state index in [1.807, 2.05) is 6.92 Å². The lowest BCUT2D eigenvalue weighted by Crippen LogP contribution is -2.25. The maximum absolute atomic E-state index is 5.05. The van der Waals surface area contributed by atoms with Gasteiger partial charge in [0.2, 0.25) is 0 Å². The summed E-state index contributed by atoms with van der Waals surface area (Å²) in [5.74, 6) is 0.486. The van der Waals surface area contributed by atoms with Gasteiger partial charge in [0, 0.05) is 7.11 Å². The highest BCUT2D eigenvalue weighted by atomic mass is 32.1. The van der Waals surface area contributed by atoms with Gasteiger partial charge in [0.15, 0.2) is 0 Å². The van der Waals surface area contributed by atoms with E-state index in [0.717, 1.165) is 0 Å². The summed E-state index contributed by atoms with van der Waals surface area (Å²) in [6, 6.07) is 0. The van der Waals surface area contributed by atoms with Crippen molar-refractivity contribution in [1.29, 1.82) is 0 Å². The molecule has 0 saturated heterocycles. The molecule has 1 N–H and O–H groups in total. The topological polar surface area (TPSA) is 30.5 Å². The van der Waals surface area contributed by atoms with Gasteiger partial charge >= 0.3 is 0 Å². The molecule has 0 radical (unpaired) electrons. The molecule has 4 heteroatoms. The second-order valence-electron chi connectivity index (χ2n) is 1.80. The van der Waals surface area contributed by atoms with Crippen molar-refractivity contribution in [2.45, 2.75) is 6.92 Å². The number of rotatable bonds is 5. The van der Waals surface area contributed by atoms with Crippen LogP contribution in [0, 0.1) is 0 Å². The first-order valence-electron chi connectivity index (χ1n) is 3.31. The van der Waals surface area contributed by atoms with Crippen molar-refractivity contribution in [3.05, 3.63) is 12.3 Å². The lowest BCUT2D eigenvalue weighted by atomic mass is 10.5. The third-order valence-electron chi connectivity index (χ3n) is 0.949. The molecule has 0 aromatic carbocycles. The fourth-order valence-corrected chi connectivity index (χ4v) is 0.594. The first kappa shape index (κ1) is 10.4. The van der Waals surface area contributed by atoms with Crippen LogP contribution in [0.15, 0.2) is 12.3 Å². The van der Waals surface area contributed by atoms with Gasteiger partial charge in [0.25, 0.3) is 0 Å². The Morgan fingerprint density at radius 1 is 1.64 bits per heavy atom. The van der Waals surface area contributed by atoms with E-state index in [9.17, 15) is 0 Å². The van der Waals surface area contributed by atoms with Crippen LogP contribution in [0.1, 0.15) is 6.92 Å². The molecular weight excluding hydrogens is 162 g/mol. The van der Waals surface area contributed by atoms with E-state index < -0.39 is 0 Å². The third-order valence-corrected chi connectivity index (χ3v) is 1.32. The van der Waals surface area contributed by atoms with E-state index in [2.05, 4.69) is 11.9 Å². The maximum atomic E-state index is 5.05. The van der Waals surface area contributed by atoms with Gasteiger partial charge < -0.3 is 14.8 Å². The van der Waals surface area contributed by atoms with E-state index in [4.69, 9.17) is 21.7 Å². The van der Waals surface area contributed by atoms with Crippen LogP contribution in [-0.4, -0.2) is 25.4 Å². The Balaban J connectivity index is 3.56. The zero-order chi connectivity index (χ0) is 8.69. The van der Waals surface area contributed by atoms with Crippen LogP contribution in [0.2, 0.25) is 0 Å². The lowest BCUT2D eigenvalue weighted by molar-refractivity contribution is 0.189. The number of thiocarbonyl (C=S) groups is 1. The largest absolute Gasteiger partial charge is 0.491 e. The van der Waals surface area contributed by atoms with Crippen LogP contribution in [0.5, 0.6) is 0 Å². The van der Waals surface area contributed by atoms with Crippen molar-refractivity contribution in [1.82, 2.24) is 5.32 Å². The molecule has 0 bridgehead atoms. The Bertz CT molecular complexity index is 147. The minimum Gasteiger partial charge on any atom is -0.491 e. The van der Waals surface area contributed by atoms with E-state index in [-0.39, 0.29) is 0 Å². The first-order valence-corrected chi connectivity index (χ1v) is 3.72. The predicted octanol–water partition coefficient (Wildman–Crippen LogP) is 1.06. The molecule has 0 saturated carbocycles. The summed E-state index contributed by atoms with van der Waals surface area (Å²) in [4.78, 5) is 0.494. The second kappa shape index (κ2) is 6.12. The molecule has 0 aliphatic carbocycles. The monoisotopic (exact) mass is 175 g/mol. The lowest BCUT2D eigenvalue weighted by Gasteiger charge is -2.09. The standard InChI is InChI=1S/C7H13NO2S/c1-4-10-6(2)7(11)8-5-9-3/h2,4-5H2,1,3H3,(H,8,11). The molecule has 0 unspecified atom stereocenters. The Hall–Kier alpha value is -0.610. The number of hydrogen-bond donors (Lipinski definition) is 1. The Kier molecular flexibility index (Phi) is 5.78. The normalized spacial score (nSPS) is 8.91. The predicted molar refractivity (Wildman–Crippen MR) is 48.4 cm³/mol. The fourth-order valence-electron chi connectivity index (χ4n) is 0.476. The van der Waals surface area contributed by atoms with Gasteiger partial charge in [0.1, 0.15) is 17.5 Å². The molecule has 0 aromatic heterocycles. The van der Waals surface area contributed by atoms with E-state index >= 15 is 0 Å². The van der Waals surface area contributed by atoms with Crippen molar-refractivity contribution in [3.63, 3.8) is 0 Å². The van der Waals surface area contributed by atoms with Crippen LogP contribution < -0.4 is 5.32 Å². The summed E-state index contributed by atoms with van der Waals surface area (Å²) in [6.45, 7) is 6.45. The summed E-state index contributed by atoms with van der Waals surface area (Å²) in [5, 5.41) is 2.80. The summed E-state index contributed by atoms with van der Waals surface area (Å²) in [6.07, 6.45) is 0. The molecule has 0 amide bonds. The van der Waals surface area contributed by atoms with Crippen molar-refractivity contribution in [2.75, 3.05) is 20.4 Å². The van der Waals surface area contributed by atoms with Gasteiger partial charge in [-0.15, -0.1) is 0 Å². The zero-order valence-electron chi connectivity index (χ0n) is 6.85.